The number of nitrogens with zero attached hydrogens (tertiary/aromatic N) is 2. The molecule has 0 bridgehead atoms. The Morgan fingerprint density at radius 2 is 1.79 bits per heavy atom. The molecule has 1 heterocycles. The van der Waals surface area contributed by atoms with E-state index in [-0.39, 0.29) is 32.0 Å². The fraction of sp³-hybridized carbons (Fsp3) is 0.545. The number of hydrogen-bond acceptors (Lipinski definition) is 5. The van der Waals surface area contributed by atoms with Gasteiger partial charge in [0, 0.05) is 19.5 Å². The molecule has 1 spiro atoms. The van der Waals surface area contributed by atoms with Gasteiger partial charge in [-0.2, -0.15) is 13.2 Å². The van der Waals surface area contributed by atoms with Crippen molar-refractivity contribution >= 4 is 23.8 Å². The van der Waals surface area contributed by atoms with E-state index in [1.54, 1.807) is 6.92 Å². The van der Waals surface area contributed by atoms with Gasteiger partial charge in [-0.05, 0) is 37.5 Å². The van der Waals surface area contributed by atoms with Crippen molar-refractivity contribution in [1.82, 2.24) is 15.1 Å². The van der Waals surface area contributed by atoms with Crippen molar-refractivity contribution < 1.29 is 37.1 Å². The minimum Gasteiger partial charge on any atom is -0.465 e. The van der Waals surface area contributed by atoms with E-state index in [1.807, 2.05) is 0 Å². The van der Waals surface area contributed by atoms with Crippen LogP contribution >= 0.6 is 0 Å². The Labute approximate surface area is 189 Å². The number of benzene rings is 1. The van der Waals surface area contributed by atoms with E-state index in [0.29, 0.717) is 18.4 Å². The maximum Gasteiger partial charge on any atom is 0.416 e. The highest BCUT2D eigenvalue weighted by molar-refractivity contribution is 6.07. The molecule has 1 saturated carbocycles. The minimum atomic E-state index is -4.49. The number of nitrogens with one attached hydrogen (secondary N) is 1. The summed E-state index contributed by atoms with van der Waals surface area (Å²) in [4.78, 5) is 52.0. The van der Waals surface area contributed by atoms with Gasteiger partial charge < -0.3 is 15.0 Å². The van der Waals surface area contributed by atoms with E-state index >= 15 is 0 Å². The number of carbonyl (C=O) groups excluding carboxylic acids is 4. The molecule has 1 N–H and O–H groups in total. The molecule has 33 heavy (non-hydrogen) atoms. The Kier molecular flexibility index (Phi) is 7.28. The molecular weight excluding hydrogens is 443 g/mol. The summed E-state index contributed by atoms with van der Waals surface area (Å²) < 4.78 is 43.3. The van der Waals surface area contributed by atoms with E-state index in [2.05, 4.69) is 5.32 Å². The average molecular weight is 469 g/mol. The number of ether oxygens (including phenoxy) is 1. The van der Waals surface area contributed by atoms with Crippen molar-refractivity contribution in [3.05, 3.63) is 35.4 Å². The summed E-state index contributed by atoms with van der Waals surface area (Å²) in [6, 6.07) is 3.72. The number of urea groups is 1. The number of hydrogen-bond donors (Lipinski definition) is 1. The zero-order valence-corrected chi connectivity index (χ0v) is 18.2. The molecule has 180 valence electrons. The van der Waals surface area contributed by atoms with E-state index in [4.69, 9.17) is 4.74 Å². The summed E-state index contributed by atoms with van der Waals surface area (Å²) in [5.74, 6) is -1.55. The van der Waals surface area contributed by atoms with Crippen molar-refractivity contribution in [2.24, 2.45) is 0 Å². The lowest BCUT2D eigenvalue weighted by atomic mass is 9.98. The molecule has 8 nitrogen and oxygen atoms in total. The van der Waals surface area contributed by atoms with Gasteiger partial charge in [0.05, 0.1) is 12.2 Å². The number of alkyl halides is 3. The summed E-state index contributed by atoms with van der Waals surface area (Å²) in [5, 5.41) is 2.73. The Bertz CT molecular complexity index is 911. The summed E-state index contributed by atoms with van der Waals surface area (Å²) in [6.07, 6.45) is -1.93. The molecule has 1 aromatic rings. The summed E-state index contributed by atoms with van der Waals surface area (Å²) in [6.45, 7) is 1.03. The van der Waals surface area contributed by atoms with E-state index in [9.17, 15) is 32.3 Å². The first-order valence-electron chi connectivity index (χ1n) is 10.8. The molecule has 1 saturated heterocycles. The highest BCUT2D eigenvalue weighted by atomic mass is 19.4. The first-order chi connectivity index (χ1) is 15.6. The zero-order chi connectivity index (χ0) is 24.2. The van der Waals surface area contributed by atoms with Gasteiger partial charge in [0.25, 0.3) is 5.91 Å². The summed E-state index contributed by atoms with van der Waals surface area (Å²) >= 11 is 0. The van der Waals surface area contributed by atoms with Crippen LogP contribution in [0.4, 0.5) is 18.0 Å². The number of imide groups is 1. The number of rotatable bonds is 8. The lowest BCUT2D eigenvalue weighted by Gasteiger charge is -2.24. The van der Waals surface area contributed by atoms with Gasteiger partial charge in [0.15, 0.2) is 0 Å². The van der Waals surface area contributed by atoms with Crippen molar-refractivity contribution in [1.29, 1.82) is 0 Å². The minimum absolute atomic E-state index is 0.103. The van der Waals surface area contributed by atoms with E-state index in [0.717, 1.165) is 34.8 Å². The van der Waals surface area contributed by atoms with Gasteiger partial charge in [0.2, 0.25) is 5.91 Å². The molecule has 2 aliphatic rings. The zero-order valence-electron chi connectivity index (χ0n) is 18.2. The van der Waals surface area contributed by atoms with Gasteiger partial charge in [0.1, 0.15) is 12.1 Å². The van der Waals surface area contributed by atoms with Gasteiger partial charge in [-0.15, -0.1) is 0 Å². The van der Waals surface area contributed by atoms with Crippen molar-refractivity contribution in [2.75, 3.05) is 19.7 Å². The highest BCUT2D eigenvalue weighted by Crippen LogP contribution is 2.35. The average Bonchev–Trinajstić information content (AvgIpc) is 3.31. The molecule has 0 atom stereocenters. The number of halogens is 3. The molecule has 1 aliphatic heterocycles. The molecule has 2 fully saturated rings. The fourth-order valence-corrected chi connectivity index (χ4v) is 4.18. The van der Waals surface area contributed by atoms with Gasteiger partial charge in [-0.1, -0.05) is 25.0 Å². The van der Waals surface area contributed by atoms with Crippen LogP contribution in [0.1, 0.15) is 50.2 Å². The second-order valence-corrected chi connectivity index (χ2v) is 8.18. The Morgan fingerprint density at radius 3 is 2.36 bits per heavy atom. The highest BCUT2D eigenvalue weighted by Gasteiger charge is 2.52. The van der Waals surface area contributed by atoms with Crippen LogP contribution < -0.4 is 5.32 Å². The Morgan fingerprint density at radius 1 is 1.15 bits per heavy atom. The quantitative estimate of drug-likeness (QED) is 0.467. The second-order valence-electron chi connectivity index (χ2n) is 8.18. The Balaban J connectivity index is 1.67. The molecule has 0 unspecified atom stereocenters. The number of esters is 1. The largest absolute Gasteiger partial charge is 0.465 e. The van der Waals surface area contributed by atoms with Crippen molar-refractivity contribution in [2.45, 2.75) is 57.3 Å². The predicted molar refractivity (Wildman–Crippen MR) is 110 cm³/mol. The van der Waals surface area contributed by atoms with Crippen molar-refractivity contribution in [3.63, 3.8) is 0 Å². The fourth-order valence-electron chi connectivity index (χ4n) is 4.18. The summed E-state index contributed by atoms with van der Waals surface area (Å²) in [5.41, 5.74) is -1.32. The Hall–Kier alpha value is -3.11. The third-order valence-corrected chi connectivity index (χ3v) is 5.88. The van der Waals surface area contributed by atoms with E-state index in [1.165, 1.54) is 12.1 Å². The second kappa shape index (κ2) is 9.80. The van der Waals surface area contributed by atoms with Crippen molar-refractivity contribution in [3.8, 4) is 0 Å². The molecule has 1 aromatic carbocycles. The van der Waals surface area contributed by atoms with Gasteiger partial charge in [-0.3, -0.25) is 19.3 Å². The van der Waals surface area contributed by atoms with Crippen LogP contribution in [0.25, 0.3) is 0 Å². The van der Waals surface area contributed by atoms with Crippen LogP contribution in [0, 0.1) is 0 Å². The molecular formula is C22H26F3N3O5. The molecule has 4 amide bonds. The third kappa shape index (κ3) is 5.63. The normalized spacial score (nSPS) is 17.4. The maximum absolute atomic E-state index is 12.9. The number of carbonyl (C=O) groups is 4. The smallest absolute Gasteiger partial charge is 0.416 e. The first kappa shape index (κ1) is 24.5. The number of amides is 4. The van der Waals surface area contributed by atoms with Crippen LogP contribution in [0.5, 0.6) is 0 Å². The van der Waals surface area contributed by atoms with Crippen LogP contribution in [-0.4, -0.2) is 58.8 Å². The summed E-state index contributed by atoms with van der Waals surface area (Å²) in [7, 11) is 0. The molecule has 0 radical (unpaired) electrons. The molecule has 3 rings (SSSR count). The predicted octanol–water partition coefficient (Wildman–Crippen LogP) is 2.85. The standard InChI is InChI=1S/C22H26F3N3O5/c1-2-33-18(30)14-27(13-15-5-7-16(8-6-15)22(23,24)25)17(29)9-12-28-19(31)21(26-20(28)32)10-3-4-11-21/h5-8H,2-4,9-14H2,1H3,(H,26,32). The van der Waals surface area contributed by atoms with Crippen LogP contribution in [-0.2, 0) is 31.8 Å². The van der Waals surface area contributed by atoms with Gasteiger partial charge >= 0.3 is 18.2 Å². The lowest BCUT2D eigenvalue weighted by molar-refractivity contribution is -0.149. The third-order valence-electron chi connectivity index (χ3n) is 5.88. The van der Waals surface area contributed by atoms with Crippen LogP contribution in [0.3, 0.4) is 0 Å². The van der Waals surface area contributed by atoms with Crippen LogP contribution in [0.2, 0.25) is 0 Å². The molecule has 11 heteroatoms. The first-order valence-corrected chi connectivity index (χ1v) is 10.8. The SMILES string of the molecule is CCOC(=O)CN(Cc1ccc(C(F)(F)F)cc1)C(=O)CCN1C(=O)NC2(CCCC2)C1=O. The van der Waals surface area contributed by atoms with E-state index < -0.39 is 41.7 Å². The topological polar surface area (TPSA) is 96.0 Å². The van der Waals surface area contributed by atoms with Crippen LogP contribution in [0.15, 0.2) is 24.3 Å². The van der Waals surface area contributed by atoms with Gasteiger partial charge in [-0.25, -0.2) is 4.79 Å². The lowest BCUT2D eigenvalue weighted by Crippen LogP contribution is -2.44. The molecule has 0 aromatic heterocycles. The monoisotopic (exact) mass is 469 g/mol. The maximum atomic E-state index is 12.9. The molecule has 1 aliphatic carbocycles.